The number of carboxylic acids is 1. The van der Waals surface area contributed by atoms with Gasteiger partial charge in [-0.1, -0.05) is 13.0 Å². The molecule has 0 bridgehead atoms. The second-order valence-corrected chi connectivity index (χ2v) is 4.61. The van der Waals surface area contributed by atoms with Crippen LogP contribution in [-0.2, 0) is 11.3 Å². The fraction of sp³-hybridized carbons (Fsp3) is 0.500. The first-order chi connectivity index (χ1) is 9.06. The number of carboxylic acid groups (broad SMARTS) is 1. The van der Waals surface area contributed by atoms with Crippen LogP contribution >= 0.6 is 0 Å². The van der Waals surface area contributed by atoms with E-state index in [4.69, 9.17) is 10.4 Å². The van der Waals surface area contributed by atoms with Crippen molar-refractivity contribution in [2.75, 3.05) is 6.54 Å². The molecule has 1 rings (SSSR count). The summed E-state index contributed by atoms with van der Waals surface area (Å²) in [5.74, 6) is -1.30. The molecule has 0 fully saturated rings. The largest absolute Gasteiger partial charge is 0.481 e. The molecule has 1 heterocycles. The molecule has 0 radical (unpaired) electrons. The maximum atomic E-state index is 11.1. The number of pyridine rings is 1. The monoisotopic (exact) mass is 261 g/mol. The minimum Gasteiger partial charge on any atom is -0.481 e. The lowest BCUT2D eigenvalue weighted by Crippen LogP contribution is -2.40. The Bertz CT molecular complexity index is 442. The van der Waals surface area contributed by atoms with Crippen LogP contribution in [0.4, 0.5) is 0 Å². The van der Waals surface area contributed by atoms with Crippen molar-refractivity contribution in [2.24, 2.45) is 5.92 Å². The summed E-state index contributed by atoms with van der Waals surface area (Å²) < 4.78 is 0. The van der Waals surface area contributed by atoms with Crippen molar-refractivity contribution in [1.29, 1.82) is 5.26 Å². The average Bonchev–Trinajstić information content (AvgIpc) is 2.42. The van der Waals surface area contributed by atoms with Gasteiger partial charge in [0.25, 0.3) is 0 Å². The average molecular weight is 261 g/mol. The van der Waals surface area contributed by atoms with Crippen LogP contribution in [0, 0.1) is 17.2 Å². The highest BCUT2D eigenvalue weighted by Crippen LogP contribution is 2.15. The lowest BCUT2D eigenvalue weighted by atomic mass is 10.0. The van der Waals surface area contributed by atoms with Gasteiger partial charge in [-0.2, -0.15) is 5.26 Å². The number of carbonyl (C=O) groups is 1. The number of nitrogens with zero attached hydrogens (tertiary/aromatic N) is 3. The second-order valence-electron chi connectivity index (χ2n) is 4.61. The van der Waals surface area contributed by atoms with Crippen LogP contribution in [-0.4, -0.2) is 33.5 Å². The van der Waals surface area contributed by atoms with Gasteiger partial charge in [-0.3, -0.25) is 14.7 Å². The highest BCUT2D eigenvalue weighted by atomic mass is 16.4. The van der Waals surface area contributed by atoms with Gasteiger partial charge in [0.2, 0.25) is 0 Å². The zero-order chi connectivity index (χ0) is 14.3. The van der Waals surface area contributed by atoms with Crippen LogP contribution < -0.4 is 0 Å². The van der Waals surface area contributed by atoms with Gasteiger partial charge >= 0.3 is 5.97 Å². The van der Waals surface area contributed by atoms with Crippen molar-refractivity contribution in [3.05, 3.63) is 30.1 Å². The SMILES string of the molecule is CC(C(=O)O)C(C)N(CCC#N)Cc1cccnc1. The summed E-state index contributed by atoms with van der Waals surface area (Å²) in [6, 6.07) is 5.77. The predicted octanol–water partition coefficient (Wildman–Crippen LogP) is 1.91. The molecule has 1 N–H and O–H groups in total. The zero-order valence-electron chi connectivity index (χ0n) is 11.3. The molecule has 2 atom stereocenters. The van der Waals surface area contributed by atoms with Crippen molar-refractivity contribution in [2.45, 2.75) is 32.9 Å². The summed E-state index contributed by atoms with van der Waals surface area (Å²) in [4.78, 5) is 17.1. The Morgan fingerprint density at radius 2 is 2.32 bits per heavy atom. The number of nitriles is 1. The lowest BCUT2D eigenvalue weighted by molar-refractivity contribution is -0.143. The molecule has 0 amide bonds. The maximum absolute atomic E-state index is 11.1. The highest BCUT2D eigenvalue weighted by molar-refractivity contribution is 5.70. The normalized spacial score (nSPS) is 13.8. The Morgan fingerprint density at radius 3 is 2.84 bits per heavy atom. The summed E-state index contributed by atoms with van der Waals surface area (Å²) in [6.45, 7) is 4.74. The summed E-state index contributed by atoms with van der Waals surface area (Å²) in [5.41, 5.74) is 1.02. The Balaban J connectivity index is 2.77. The minimum absolute atomic E-state index is 0.133. The van der Waals surface area contributed by atoms with Gasteiger partial charge in [-0.05, 0) is 18.6 Å². The van der Waals surface area contributed by atoms with E-state index in [9.17, 15) is 4.79 Å². The van der Waals surface area contributed by atoms with Crippen molar-refractivity contribution in [3.8, 4) is 6.07 Å². The van der Waals surface area contributed by atoms with Crippen molar-refractivity contribution < 1.29 is 9.90 Å². The standard InChI is InChI=1S/C14H19N3O2/c1-11(14(18)19)12(2)17(8-4-6-15)10-13-5-3-7-16-9-13/h3,5,7,9,11-12H,4,8,10H2,1-2H3,(H,18,19). The van der Waals surface area contributed by atoms with Gasteiger partial charge in [-0.25, -0.2) is 0 Å². The molecule has 1 aromatic rings. The molecule has 19 heavy (non-hydrogen) atoms. The van der Waals surface area contributed by atoms with Crippen LogP contribution in [0.1, 0.15) is 25.8 Å². The molecule has 0 saturated carbocycles. The van der Waals surface area contributed by atoms with Crippen molar-refractivity contribution >= 4 is 5.97 Å². The third-order valence-corrected chi connectivity index (χ3v) is 3.31. The van der Waals surface area contributed by atoms with E-state index in [1.54, 1.807) is 19.3 Å². The molecule has 0 spiro atoms. The molecule has 0 aromatic carbocycles. The Kier molecular flexibility index (Phi) is 5.97. The van der Waals surface area contributed by atoms with Crippen molar-refractivity contribution in [3.63, 3.8) is 0 Å². The summed E-state index contributed by atoms with van der Waals surface area (Å²) in [7, 11) is 0. The van der Waals surface area contributed by atoms with E-state index < -0.39 is 11.9 Å². The van der Waals surface area contributed by atoms with Crippen LogP contribution in [0.3, 0.4) is 0 Å². The van der Waals surface area contributed by atoms with E-state index in [0.29, 0.717) is 19.5 Å². The van der Waals surface area contributed by atoms with E-state index >= 15 is 0 Å². The van der Waals surface area contributed by atoms with Crippen molar-refractivity contribution in [1.82, 2.24) is 9.88 Å². The molecular formula is C14H19N3O2. The molecular weight excluding hydrogens is 242 g/mol. The molecule has 5 heteroatoms. The molecule has 0 aliphatic carbocycles. The predicted molar refractivity (Wildman–Crippen MR) is 71.1 cm³/mol. The van der Waals surface area contributed by atoms with E-state index in [1.807, 2.05) is 24.0 Å². The Morgan fingerprint density at radius 1 is 1.58 bits per heavy atom. The first-order valence-corrected chi connectivity index (χ1v) is 6.29. The third-order valence-electron chi connectivity index (χ3n) is 3.31. The molecule has 0 aliphatic heterocycles. The van der Waals surface area contributed by atoms with E-state index in [0.717, 1.165) is 5.56 Å². The second kappa shape index (κ2) is 7.49. The molecule has 0 aliphatic rings. The summed E-state index contributed by atoms with van der Waals surface area (Å²) in [6.07, 6.45) is 3.85. The quantitative estimate of drug-likeness (QED) is 0.811. The van der Waals surface area contributed by atoms with Crippen LogP contribution in [0.2, 0.25) is 0 Å². The van der Waals surface area contributed by atoms with Gasteiger partial charge in [0.05, 0.1) is 12.0 Å². The minimum atomic E-state index is -0.819. The molecule has 2 unspecified atom stereocenters. The fourth-order valence-corrected chi connectivity index (χ4v) is 1.87. The van der Waals surface area contributed by atoms with Crippen LogP contribution in [0.5, 0.6) is 0 Å². The van der Waals surface area contributed by atoms with Crippen LogP contribution in [0.25, 0.3) is 0 Å². The molecule has 0 saturated heterocycles. The van der Waals surface area contributed by atoms with Gasteiger partial charge in [0, 0.05) is 37.9 Å². The number of rotatable bonds is 7. The maximum Gasteiger partial charge on any atom is 0.307 e. The van der Waals surface area contributed by atoms with E-state index in [1.165, 1.54) is 0 Å². The number of aromatic nitrogens is 1. The Labute approximate surface area is 113 Å². The fourth-order valence-electron chi connectivity index (χ4n) is 1.87. The molecule has 5 nitrogen and oxygen atoms in total. The van der Waals surface area contributed by atoms with Gasteiger partial charge in [-0.15, -0.1) is 0 Å². The number of hydrogen-bond acceptors (Lipinski definition) is 4. The van der Waals surface area contributed by atoms with E-state index in [2.05, 4.69) is 11.1 Å². The number of hydrogen-bond donors (Lipinski definition) is 1. The first-order valence-electron chi connectivity index (χ1n) is 6.29. The number of aliphatic carboxylic acids is 1. The summed E-state index contributed by atoms with van der Waals surface area (Å²) >= 11 is 0. The van der Waals surface area contributed by atoms with Gasteiger partial charge in [0.15, 0.2) is 0 Å². The van der Waals surface area contributed by atoms with Gasteiger partial charge in [0.1, 0.15) is 0 Å². The molecule has 102 valence electrons. The smallest absolute Gasteiger partial charge is 0.307 e. The topological polar surface area (TPSA) is 77.2 Å². The zero-order valence-corrected chi connectivity index (χ0v) is 11.3. The summed E-state index contributed by atoms with van der Waals surface area (Å²) in [5, 5.41) is 17.8. The third kappa shape index (κ3) is 4.68. The lowest BCUT2D eigenvalue weighted by Gasteiger charge is -2.30. The van der Waals surface area contributed by atoms with Crippen LogP contribution in [0.15, 0.2) is 24.5 Å². The van der Waals surface area contributed by atoms with E-state index in [-0.39, 0.29) is 6.04 Å². The highest BCUT2D eigenvalue weighted by Gasteiger charge is 2.25. The Hall–Kier alpha value is -1.93. The first kappa shape index (κ1) is 15.1. The van der Waals surface area contributed by atoms with Gasteiger partial charge < -0.3 is 5.11 Å². The molecule has 1 aromatic heterocycles.